The molecular formula is C48H28N2O3. The Morgan fingerprint density at radius 2 is 0.868 bits per heavy atom. The highest BCUT2D eigenvalue weighted by Crippen LogP contribution is 2.47. The van der Waals surface area contributed by atoms with Crippen LogP contribution in [0.5, 0.6) is 0 Å². The minimum Gasteiger partial charge on any atom is -0.456 e. The molecule has 8 aromatic carbocycles. The zero-order chi connectivity index (χ0) is 34.6. The molecule has 0 aliphatic carbocycles. The molecule has 5 nitrogen and oxygen atoms in total. The molecule has 53 heavy (non-hydrogen) atoms. The van der Waals surface area contributed by atoms with Gasteiger partial charge in [-0.1, -0.05) is 103 Å². The van der Waals surface area contributed by atoms with Crippen molar-refractivity contribution in [3.8, 4) is 5.69 Å². The molecule has 0 unspecified atom stereocenters. The molecule has 0 atom stereocenters. The first kappa shape index (κ1) is 28.5. The van der Waals surface area contributed by atoms with E-state index < -0.39 is 0 Å². The van der Waals surface area contributed by atoms with Gasteiger partial charge in [0.2, 0.25) is 0 Å². The summed E-state index contributed by atoms with van der Waals surface area (Å²) in [7, 11) is 0. The number of rotatable bonds is 4. The minimum absolute atomic E-state index is 0.796. The number of anilines is 3. The molecule has 5 heteroatoms. The third kappa shape index (κ3) is 3.96. The first-order valence-electron chi connectivity index (χ1n) is 17.8. The van der Waals surface area contributed by atoms with Gasteiger partial charge in [0.25, 0.3) is 0 Å². The first-order valence-corrected chi connectivity index (χ1v) is 17.8. The molecule has 0 aliphatic heterocycles. The Morgan fingerprint density at radius 1 is 0.358 bits per heavy atom. The maximum absolute atomic E-state index is 6.76. The summed E-state index contributed by atoms with van der Waals surface area (Å²) in [5.41, 5.74) is 11.1. The van der Waals surface area contributed by atoms with Gasteiger partial charge in [-0.3, -0.25) is 0 Å². The fraction of sp³-hybridized carbons (Fsp3) is 0. The van der Waals surface area contributed by atoms with Crippen molar-refractivity contribution in [2.24, 2.45) is 0 Å². The Morgan fingerprint density at radius 3 is 1.49 bits per heavy atom. The molecule has 0 N–H and O–H groups in total. The molecule has 12 rings (SSSR count). The maximum Gasteiger partial charge on any atom is 0.159 e. The van der Waals surface area contributed by atoms with E-state index >= 15 is 0 Å². The van der Waals surface area contributed by atoms with Crippen LogP contribution in [0, 0.1) is 0 Å². The van der Waals surface area contributed by atoms with Crippen molar-refractivity contribution < 1.29 is 13.3 Å². The van der Waals surface area contributed by atoms with Gasteiger partial charge in [-0.25, -0.2) is 0 Å². The van der Waals surface area contributed by atoms with Crippen LogP contribution in [-0.4, -0.2) is 4.57 Å². The van der Waals surface area contributed by atoms with E-state index in [0.29, 0.717) is 0 Å². The average molecular weight is 681 g/mol. The van der Waals surface area contributed by atoms with E-state index in [0.717, 1.165) is 99.6 Å². The molecule has 12 aromatic rings. The summed E-state index contributed by atoms with van der Waals surface area (Å²) in [6.45, 7) is 0. The van der Waals surface area contributed by atoms with E-state index in [2.05, 4.69) is 155 Å². The Kier molecular flexibility index (Phi) is 5.71. The Labute approximate surface area is 302 Å². The fourth-order valence-electron chi connectivity index (χ4n) is 8.53. The van der Waals surface area contributed by atoms with Gasteiger partial charge < -0.3 is 22.7 Å². The largest absolute Gasteiger partial charge is 0.456 e. The van der Waals surface area contributed by atoms with Crippen LogP contribution in [0.3, 0.4) is 0 Å². The second kappa shape index (κ2) is 10.6. The third-order valence-electron chi connectivity index (χ3n) is 10.8. The van der Waals surface area contributed by atoms with E-state index in [1.54, 1.807) is 0 Å². The number of hydrogen-bond acceptors (Lipinski definition) is 4. The van der Waals surface area contributed by atoms with Gasteiger partial charge in [0.15, 0.2) is 11.2 Å². The Balaban J connectivity index is 1.13. The summed E-state index contributed by atoms with van der Waals surface area (Å²) < 4.78 is 22.4. The SMILES string of the molecule is c1ccc2c(c1)oc1c(N(c3ccc4c(c3)oc3cccc(-n5c6ccccc6c6ccccc65)c34)c3cccc4c3oc3ccccc34)cccc12. The first-order chi connectivity index (χ1) is 26.3. The summed E-state index contributed by atoms with van der Waals surface area (Å²) >= 11 is 0. The number of para-hydroxylation sites is 6. The van der Waals surface area contributed by atoms with E-state index in [1.807, 2.05) is 24.3 Å². The number of aromatic nitrogens is 1. The quantitative estimate of drug-likeness (QED) is 0.186. The van der Waals surface area contributed by atoms with Crippen molar-refractivity contribution in [2.75, 3.05) is 4.90 Å². The lowest BCUT2D eigenvalue weighted by molar-refractivity contribution is 0.665. The summed E-state index contributed by atoms with van der Waals surface area (Å²) in [6, 6.07) is 59.2. The summed E-state index contributed by atoms with van der Waals surface area (Å²) in [6.07, 6.45) is 0. The van der Waals surface area contributed by atoms with Crippen LogP contribution in [0.25, 0.3) is 93.3 Å². The van der Waals surface area contributed by atoms with Crippen molar-refractivity contribution in [3.05, 3.63) is 170 Å². The normalized spacial score (nSPS) is 12.2. The van der Waals surface area contributed by atoms with Crippen LogP contribution in [-0.2, 0) is 0 Å². The third-order valence-corrected chi connectivity index (χ3v) is 10.8. The lowest BCUT2D eigenvalue weighted by Crippen LogP contribution is -2.10. The fourth-order valence-corrected chi connectivity index (χ4v) is 8.53. The number of hydrogen-bond donors (Lipinski definition) is 0. The van der Waals surface area contributed by atoms with Gasteiger partial charge in [-0.2, -0.15) is 0 Å². The lowest BCUT2D eigenvalue weighted by Gasteiger charge is -2.25. The number of nitrogens with zero attached hydrogens (tertiary/aromatic N) is 2. The van der Waals surface area contributed by atoms with Crippen LogP contribution >= 0.6 is 0 Å². The van der Waals surface area contributed by atoms with E-state index in [9.17, 15) is 0 Å². The molecule has 0 aliphatic rings. The lowest BCUT2D eigenvalue weighted by atomic mass is 10.1. The Hall–Kier alpha value is -7.24. The molecule has 0 radical (unpaired) electrons. The molecule has 248 valence electrons. The van der Waals surface area contributed by atoms with Crippen LogP contribution in [0.2, 0.25) is 0 Å². The van der Waals surface area contributed by atoms with Gasteiger partial charge in [0.05, 0.1) is 39.2 Å². The monoisotopic (exact) mass is 680 g/mol. The molecule has 4 aromatic heterocycles. The predicted octanol–water partition coefficient (Wildman–Crippen LogP) is 14.0. The van der Waals surface area contributed by atoms with Crippen molar-refractivity contribution in [1.29, 1.82) is 0 Å². The van der Waals surface area contributed by atoms with Gasteiger partial charge in [-0.15, -0.1) is 0 Å². The predicted molar refractivity (Wildman–Crippen MR) is 217 cm³/mol. The van der Waals surface area contributed by atoms with Crippen molar-refractivity contribution in [2.45, 2.75) is 0 Å². The average Bonchev–Trinajstić information content (AvgIpc) is 3.97. The number of fused-ring (bicyclic) bond motifs is 12. The smallest absolute Gasteiger partial charge is 0.159 e. The van der Waals surface area contributed by atoms with Crippen LogP contribution in [0.4, 0.5) is 17.1 Å². The summed E-state index contributed by atoms with van der Waals surface area (Å²) in [5, 5.41) is 8.85. The second-order valence-corrected chi connectivity index (χ2v) is 13.6. The van der Waals surface area contributed by atoms with Gasteiger partial charge in [0.1, 0.15) is 22.3 Å². The highest BCUT2D eigenvalue weighted by Gasteiger charge is 2.25. The summed E-state index contributed by atoms with van der Waals surface area (Å²) in [4.78, 5) is 2.25. The van der Waals surface area contributed by atoms with Crippen LogP contribution < -0.4 is 4.90 Å². The number of furan rings is 3. The molecule has 0 spiro atoms. The van der Waals surface area contributed by atoms with Crippen molar-refractivity contribution in [3.63, 3.8) is 0 Å². The van der Waals surface area contributed by atoms with E-state index in [1.165, 1.54) is 10.8 Å². The van der Waals surface area contributed by atoms with Crippen LogP contribution in [0.15, 0.2) is 183 Å². The van der Waals surface area contributed by atoms with E-state index in [4.69, 9.17) is 13.3 Å². The molecule has 0 saturated heterocycles. The second-order valence-electron chi connectivity index (χ2n) is 13.6. The zero-order valence-corrected chi connectivity index (χ0v) is 28.3. The molecule has 0 saturated carbocycles. The zero-order valence-electron chi connectivity index (χ0n) is 28.3. The van der Waals surface area contributed by atoms with Crippen molar-refractivity contribution >= 4 is 105 Å². The highest BCUT2D eigenvalue weighted by atomic mass is 16.3. The molecule has 0 amide bonds. The van der Waals surface area contributed by atoms with Gasteiger partial charge in [0, 0.05) is 43.8 Å². The minimum atomic E-state index is 0.796. The van der Waals surface area contributed by atoms with Gasteiger partial charge >= 0.3 is 0 Å². The van der Waals surface area contributed by atoms with E-state index in [-0.39, 0.29) is 0 Å². The Bertz CT molecular complexity index is 3260. The molecule has 0 bridgehead atoms. The standard InChI is InChI=1S/C48H28N2O3/c1-5-18-37-30(12-1)31-13-2-6-19-38(31)50(37)39-20-11-25-44-46(39)36-27-26-29(28-45(36)51-44)49(40-21-9-16-34-32-14-3-7-23-42(32)52-47(34)40)41-22-10-17-35-33-15-4-8-24-43(33)53-48(35)41/h1-28H. The topological polar surface area (TPSA) is 47.6 Å². The van der Waals surface area contributed by atoms with Gasteiger partial charge in [-0.05, 0) is 60.7 Å². The summed E-state index contributed by atoms with van der Waals surface area (Å²) in [5.74, 6) is 0. The molecular weight excluding hydrogens is 653 g/mol. The molecule has 4 heterocycles. The number of benzene rings is 8. The van der Waals surface area contributed by atoms with Crippen molar-refractivity contribution in [1.82, 2.24) is 4.57 Å². The highest BCUT2D eigenvalue weighted by molar-refractivity contribution is 6.17. The molecule has 0 fully saturated rings. The van der Waals surface area contributed by atoms with Crippen LogP contribution in [0.1, 0.15) is 0 Å². The maximum atomic E-state index is 6.76.